The molecule has 59 heavy (non-hydrogen) atoms. The first-order chi connectivity index (χ1) is 28.6. The van der Waals surface area contributed by atoms with Crippen LogP contribution in [-0.2, 0) is 31.1 Å². The van der Waals surface area contributed by atoms with Gasteiger partial charge < -0.3 is 9.84 Å². The number of hydrogen-bond acceptors (Lipinski definition) is 8. The van der Waals surface area contributed by atoms with Gasteiger partial charge in [0.2, 0.25) is 11.8 Å². The van der Waals surface area contributed by atoms with Crippen molar-refractivity contribution in [3.63, 3.8) is 0 Å². The van der Waals surface area contributed by atoms with E-state index < -0.39 is 52.6 Å². The van der Waals surface area contributed by atoms with E-state index in [0.717, 1.165) is 30.2 Å². The second kappa shape index (κ2) is 15.4. The molecule has 1 saturated carbocycles. The molecule has 302 valence electrons. The fourth-order valence-electron chi connectivity index (χ4n) is 10.5. The molecule has 4 amide bonds. The molecule has 4 fully saturated rings. The van der Waals surface area contributed by atoms with Crippen LogP contribution in [0.25, 0.3) is 6.08 Å². The second-order valence-corrected chi connectivity index (χ2v) is 16.7. The molecular weight excluding hydrogens is 771 g/mol. The summed E-state index contributed by atoms with van der Waals surface area (Å²) in [5, 5.41) is 11.8. The molecule has 5 aliphatic rings. The van der Waals surface area contributed by atoms with Gasteiger partial charge in [-0.15, -0.1) is 0 Å². The lowest BCUT2D eigenvalue weighted by molar-refractivity contribution is -0.144. The predicted molar refractivity (Wildman–Crippen MR) is 220 cm³/mol. The summed E-state index contributed by atoms with van der Waals surface area (Å²) in [5.41, 5.74) is 5.13. The average molecular weight is 815 g/mol. The number of ether oxygens (including phenoxy) is 1. The minimum atomic E-state index is -1.49. The third-order valence-electron chi connectivity index (χ3n) is 13.2. The van der Waals surface area contributed by atoms with Gasteiger partial charge in [0.25, 0.3) is 11.8 Å². The van der Waals surface area contributed by atoms with Gasteiger partial charge in [0, 0.05) is 36.6 Å². The van der Waals surface area contributed by atoms with Crippen molar-refractivity contribution >= 4 is 47.0 Å². The zero-order valence-electron chi connectivity index (χ0n) is 32.5. The van der Waals surface area contributed by atoms with Gasteiger partial charge in [0.1, 0.15) is 5.82 Å². The number of hydrazine groups is 1. The lowest BCUT2D eigenvalue weighted by Gasteiger charge is -2.49. The van der Waals surface area contributed by atoms with Crippen molar-refractivity contribution in [3.8, 4) is 11.5 Å². The molecule has 0 spiro atoms. The molecule has 10 nitrogen and oxygen atoms in total. The van der Waals surface area contributed by atoms with Crippen LogP contribution in [0.1, 0.15) is 42.4 Å². The van der Waals surface area contributed by atoms with E-state index in [0.29, 0.717) is 41.1 Å². The molecule has 3 heterocycles. The number of piperidine rings is 1. The van der Waals surface area contributed by atoms with E-state index in [9.17, 15) is 23.9 Å². The number of carbonyl (C=O) groups excluding carboxylic acids is 4. The molecule has 3 saturated heterocycles. The smallest absolute Gasteiger partial charge is 0.260 e. The third-order valence-corrected chi connectivity index (χ3v) is 13.5. The summed E-state index contributed by atoms with van der Waals surface area (Å²) in [7, 11) is 1.46. The molecule has 0 bridgehead atoms. The van der Waals surface area contributed by atoms with Gasteiger partial charge in [-0.3, -0.25) is 34.4 Å². The Bertz CT molecular complexity index is 2360. The van der Waals surface area contributed by atoms with Crippen LogP contribution >= 0.6 is 11.6 Å². The Morgan fingerprint density at radius 1 is 0.898 bits per heavy atom. The Balaban J connectivity index is 1.10. The number of nitrogens with one attached hydrogen (secondary N) is 1. The van der Waals surface area contributed by atoms with Crippen molar-refractivity contribution in [3.05, 3.63) is 142 Å². The van der Waals surface area contributed by atoms with E-state index in [4.69, 9.17) is 16.3 Å². The second-order valence-electron chi connectivity index (χ2n) is 16.2. The number of phenolic OH excluding ortho intramolecular Hbond substituents is 1. The largest absolute Gasteiger partial charge is 0.504 e. The topological polar surface area (TPSA) is 119 Å². The fourth-order valence-corrected chi connectivity index (χ4v) is 10.6. The van der Waals surface area contributed by atoms with Crippen molar-refractivity contribution in [2.45, 2.75) is 43.7 Å². The quantitative estimate of drug-likeness (QED) is 0.133. The van der Waals surface area contributed by atoms with Crippen LogP contribution in [0.4, 0.5) is 10.1 Å². The number of anilines is 1. The minimum absolute atomic E-state index is 0.0315. The number of rotatable bonds is 9. The maximum absolute atomic E-state index is 15.3. The number of benzene rings is 4. The molecule has 6 unspecified atom stereocenters. The maximum Gasteiger partial charge on any atom is 0.260 e. The maximum atomic E-state index is 15.3. The van der Waals surface area contributed by atoms with Crippen molar-refractivity contribution in [2.75, 3.05) is 25.6 Å². The third kappa shape index (κ3) is 6.60. The SMILES string of the molecule is COc1cc(C=CC2C3=CCC4C(=O)N(C5CCN(Cc6ccccc6)CC5)C(=O)C4C3CC3C(=O)N(Nc4ccc(F)cc4)C(=O)C23c2ccc(Cl)cc2)ccc1O. The van der Waals surface area contributed by atoms with Crippen LogP contribution in [0.3, 0.4) is 0 Å². The summed E-state index contributed by atoms with van der Waals surface area (Å²) in [5.74, 6) is -5.07. The standard InChI is InChI=1S/C47H44ClFN4O6/c1-59-41-25-28(8-20-40(41)54)7-19-38-35-17-18-36-42(45(57)52(43(36)55)34-21-23-51(24-22-34)27-29-5-3-2-4-6-29)37(35)26-39-44(56)53(50-33-15-13-32(49)14-16-33)46(58)47(38,39)30-9-11-31(48)12-10-30/h2-17,19-20,25,34,36-39,42,50,54H,18,21-24,26-27H2,1H3. The van der Waals surface area contributed by atoms with Gasteiger partial charge in [-0.1, -0.05) is 83.9 Å². The molecule has 0 radical (unpaired) electrons. The summed E-state index contributed by atoms with van der Waals surface area (Å²) in [6.07, 6.45) is 7.59. The van der Waals surface area contributed by atoms with E-state index in [-0.39, 0.29) is 35.8 Å². The molecule has 4 aromatic rings. The van der Waals surface area contributed by atoms with Crippen LogP contribution in [0, 0.1) is 35.4 Å². The van der Waals surface area contributed by atoms with E-state index >= 15 is 4.79 Å². The zero-order valence-corrected chi connectivity index (χ0v) is 33.2. The minimum Gasteiger partial charge on any atom is -0.504 e. The van der Waals surface area contributed by atoms with Crippen molar-refractivity contribution in [1.29, 1.82) is 0 Å². The molecule has 2 N–H and O–H groups in total. The summed E-state index contributed by atoms with van der Waals surface area (Å²) >= 11 is 6.41. The first-order valence-corrected chi connectivity index (χ1v) is 20.5. The Kier molecular flexibility index (Phi) is 10.1. The number of fused-ring (bicyclic) bond motifs is 4. The monoisotopic (exact) mass is 814 g/mol. The first-order valence-electron chi connectivity index (χ1n) is 20.1. The number of imide groups is 2. The van der Waals surface area contributed by atoms with Gasteiger partial charge in [0.15, 0.2) is 11.5 Å². The Hall–Kier alpha value is -5.78. The number of aromatic hydroxyl groups is 1. The molecule has 2 aliphatic carbocycles. The number of phenols is 1. The number of likely N-dealkylation sites (tertiary alicyclic amines) is 2. The van der Waals surface area contributed by atoms with Gasteiger partial charge in [-0.2, -0.15) is 5.01 Å². The van der Waals surface area contributed by atoms with E-state index in [1.165, 1.54) is 47.9 Å². The predicted octanol–water partition coefficient (Wildman–Crippen LogP) is 7.39. The van der Waals surface area contributed by atoms with Crippen LogP contribution in [0.15, 0.2) is 115 Å². The van der Waals surface area contributed by atoms with Gasteiger partial charge in [-0.25, -0.2) is 4.39 Å². The van der Waals surface area contributed by atoms with Gasteiger partial charge in [-0.05, 0) is 96.8 Å². The number of methoxy groups -OCH3 is 1. The summed E-state index contributed by atoms with van der Waals surface area (Å²) < 4.78 is 19.3. The Morgan fingerprint density at radius 2 is 1.63 bits per heavy atom. The highest BCUT2D eigenvalue weighted by Crippen LogP contribution is 2.61. The fraction of sp³-hybridized carbons (Fsp3) is 0.319. The van der Waals surface area contributed by atoms with Crippen LogP contribution in [-0.4, -0.2) is 69.8 Å². The average Bonchev–Trinajstić information content (AvgIpc) is 3.63. The normalized spacial score (nSPS) is 27.2. The van der Waals surface area contributed by atoms with E-state index in [1.54, 1.807) is 36.4 Å². The van der Waals surface area contributed by atoms with Crippen LogP contribution < -0.4 is 10.2 Å². The van der Waals surface area contributed by atoms with E-state index in [1.807, 2.05) is 36.4 Å². The highest BCUT2D eigenvalue weighted by atomic mass is 35.5. The van der Waals surface area contributed by atoms with Crippen molar-refractivity contribution < 1.29 is 33.4 Å². The van der Waals surface area contributed by atoms with Crippen LogP contribution in [0.2, 0.25) is 5.02 Å². The van der Waals surface area contributed by atoms with Crippen molar-refractivity contribution in [1.82, 2.24) is 14.8 Å². The van der Waals surface area contributed by atoms with Gasteiger partial charge >= 0.3 is 0 Å². The van der Waals surface area contributed by atoms with Crippen LogP contribution in [0.5, 0.6) is 11.5 Å². The summed E-state index contributed by atoms with van der Waals surface area (Å²) in [6, 6.07) is 27.3. The highest BCUT2D eigenvalue weighted by Gasteiger charge is 2.69. The summed E-state index contributed by atoms with van der Waals surface area (Å²) in [4.78, 5) is 63.2. The molecule has 3 aliphatic heterocycles. The summed E-state index contributed by atoms with van der Waals surface area (Å²) in [6.45, 7) is 2.32. The number of nitrogens with zero attached hydrogens (tertiary/aromatic N) is 3. The Morgan fingerprint density at radius 3 is 2.34 bits per heavy atom. The number of allylic oxidation sites excluding steroid dienone is 3. The lowest BCUT2D eigenvalue weighted by Crippen LogP contribution is -2.54. The molecule has 0 aromatic heterocycles. The molecule has 6 atom stereocenters. The molecule has 12 heteroatoms. The molecular formula is C47H44ClFN4O6. The zero-order chi connectivity index (χ0) is 41.0. The molecule has 9 rings (SSSR count). The number of carbonyl (C=O) groups is 4. The Labute approximate surface area is 346 Å². The van der Waals surface area contributed by atoms with Gasteiger partial charge in [0.05, 0.1) is 36.0 Å². The number of hydrogen-bond donors (Lipinski definition) is 2. The number of halogens is 2. The number of amides is 4. The molecule has 4 aromatic carbocycles. The van der Waals surface area contributed by atoms with Crippen molar-refractivity contribution in [2.24, 2.45) is 29.6 Å². The van der Waals surface area contributed by atoms with E-state index in [2.05, 4.69) is 22.5 Å². The highest BCUT2D eigenvalue weighted by molar-refractivity contribution is 6.30. The lowest BCUT2D eigenvalue weighted by atomic mass is 9.50. The first kappa shape index (κ1) is 38.7.